The summed E-state index contributed by atoms with van der Waals surface area (Å²) in [6, 6.07) is -0.473. The second kappa shape index (κ2) is 25.8. The first kappa shape index (κ1) is 53.7. The molecule has 3 fully saturated rings. The van der Waals surface area contributed by atoms with Crippen LogP contribution >= 0.6 is 21.6 Å². The molecule has 22 heteroatoms. The van der Waals surface area contributed by atoms with Crippen LogP contribution in [0.3, 0.4) is 0 Å². The van der Waals surface area contributed by atoms with Gasteiger partial charge in [0.25, 0.3) is 0 Å². The molecule has 1 spiro atoms. The average Bonchev–Trinajstić information content (AvgIpc) is 3.77. The van der Waals surface area contributed by atoms with Crippen molar-refractivity contribution in [3.63, 3.8) is 0 Å². The van der Waals surface area contributed by atoms with Crippen molar-refractivity contribution < 1.29 is 53.4 Å². The number of carbonyl (C=O) groups is 9. The molecule has 9 atom stereocenters. The molecule has 1 aromatic rings. The fourth-order valence-electron chi connectivity index (χ4n) is 8.38. The lowest BCUT2D eigenvalue weighted by atomic mass is 9.85. The maximum Gasteiger partial charge on any atom is 0.326 e. The van der Waals surface area contributed by atoms with E-state index in [2.05, 4.69) is 31.9 Å². The van der Waals surface area contributed by atoms with Gasteiger partial charge in [-0.2, -0.15) is 0 Å². The van der Waals surface area contributed by atoms with Gasteiger partial charge in [0, 0.05) is 29.9 Å². The van der Waals surface area contributed by atoms with Crippen LogP contribution in [-0.2, 0) is 49.6 Å². The Morgan fingerprint density at radius 2 is 1.53 bits per heavy atom. The number of amides is 8. The zero-order valence-electron chi connectivity index (χ0n) is 37.9. The minimum atomic E-state index is -1.71. The molecule has 8 amide bonds. The zero-order valence-corrected chi connectivity index (χ0v) is 39.5. The van der Waals surface area contributed by atoms with Crippen molar-refractivity contribution in [1.29, 1.82) is 0 Å². The van der Waals surface area contributed by atoms with Crippen LogP contribution in [0.1, 0.15) is 103 Å². The van der Waals surface area contributed by atoms with Gasteiger partial charge in [-0.05, 0) is 63.5 Å². The molecule has 4 rings (SSSR count). The molecule has 2 heterocycles. The number of benzene rings is 1. The van der Waals surface area contributed by atoms with E-state index in [1.807, 2.05) is 18.2 Å². The third-order valence-corrected chi connectivity index (χ3v) is 15.6. The Balaban J connectivity index is 1.75. The summed E-state index contributed by atoms with van der Waals surface area (Å²) in [6.45, 7) is 5.03. The average molecular weight is 962 g/mol. The van der Waals surface area contributed by atoms with Crippen LogP contribution < -0.4 is 43.4 Å². The molecule has 12 N–H and O–H groups in total. The minimum Gasteiger partial charge on any atom is -0.480 e. The van der Waals surface area contributed by atoms with Crippen molar-refractivity contribution in [1.82, 2.24) is 36.8 Å². The lowest BCUT2D eigenvalue weighted by Crippen LogP contribution is -2.63. The Bertz CT molecular complexity index is 1890. The number of likely N-dealkylation sites (tertiary alicyclic amines) is 1. The normalized spacial score (nSPS) is 26.3. The fraction of sp³-hybridized carbons (Fsp3) is 0.659. The molecule has 66 heavy (non-hydrogen) atoms. The Morgan fingerprint density at radius 3 is 2.15 bits per heavy atom. The van der Waals surface area contributed by atoms with Crippen LogP contribution in [0.15, 0.2) is 30.3 Å². The van der Waals surface area contributed by atoms with Crippen molar-refractivity contribution in [3.8, 4) is 0 Å². The molecular weight excluding hydrogens is 895 g/mol. The monoisotopic (exact) mass is 961 g/mol. The summed E-state index contributed by atoms with van der Waals surface area (Å²) in [5.74, 6) is -8.27. The first-order chi connectivity index (χ1) is 31.4. The molecule has 1 aromatic carbocycles. The highest BCUT2D eigenvalue weighted by atomic mass is 33.1. The second-order valence-electron chi connectivity index (χ2n) is 17.5. The van der Waals surface area contributed by atoms with Crippen LogP contribution in [0.4, 0.5) is 0 Å². The van der Waals surface area contributed by atoms with Gasteiger partial charge in [0.2, 0.25) is 47.3 Å². The highest BCUT2D eigenvalue weighted by molar-refractivity contribution is 8.77. The van der Waals surface area contributed by atoms with E-state index in [1.54, 1.807) is 26.0 Å². The van der Waals surface area contributed by atoms with E-state index in [9.17, 15) is 53.4 Å². The zero-order chi connectivity index (χ0) is 48.6. The topological polar surface area (TPSA) is 322 Å². The van der Waals surface area contributed by atoms with E-state index < -0.39 is 119 Å². The van der Waals surface area contributed by atoms with Gasteiger partial charge in [-0.3, -0.25) is 38.4 Å². The van der Waals surface area contributed by atoms with Crippen LogP contribution in [0.25, 0.3) is 0 Å². The molecule has 2 saturated heterocycles. The first-order valence-corrected chi connectivity index (χ1v) is 25.1. The number of aliphatic carboxylic acids is 1. The van der Waals surface area contributed by atoms with Crippen molar-refractivity contribution in [2.75, 3.05) is 18.8 Å². The number of aliphatic hydroxyl groups excluding tert-OH is 1. The van der Waals surface area contributed by atoms with Crippen LogP contribution in [0.5, 0.6) is 0 Å². The van der Waals surface area contributed by atoms with Crippen molar-refractivity contribution >= 4 is 74.8 Å². The summed E-state index contributed by atoms with van der Waals surface area (Å²) < 4.78 is -0.664. The number of carbonyl (C=O) groups excluding carboxylic acids is 8. The van der Waals surface area contributed by atoms with Gasteiger partial charge >= 0.3 is 5.97 Å². The molecule has 20 nitrogen and oxygen atoms in total. The Labute approximate surface area is 393 Å². The molecule has 0 bridgehead atoms. The molecule has 1 aliphatic carbocycles. The van der Waals surface area contributed by atoms with E-state index in [0.29, 0.717) is 32.1 Å². The van der Waals surface area contributed by atoms with Crippen molar-refractivity contribution in [2.24, 2.45) is 17.4 Å². The number of carboxylic acids is 1. The number of rotatable bonds is 14. The Kier molecular flexibility index (Phi) is 21.0. The van der Waals surface area contributed by atoms with Crippen molar-refractivity contribution in [2.45, 2.75) is 157 Å². The van der Waals surface area contributed by atoms with E-state index >= 15 is 0 Å². The van der Waals surface area contributed by atoms with Gasteiger partial charge in [-0.25, -0.2) is 4.79 Å². The number of hydrogen-bond donors (Lipinski definition) is 10. The van der Waals surface area contributed by atoms with Crippen molar-refractivity contribution in [3.05, 3.63) is 35.9 Å². The van der Waals surface area contributed by atoms with Gasteiger partial charge in [0.1, 0.15) is 42.3 Å². The van der Waals surface area contributed by atoms with Gasteiger partial charge < -0.3 is 58.5 Å². The highest BCUT2D eigenvalue weighted by Gasteiger charge is 2.42. The van der Waals surface area contributed by atoms with Gasteiger partial charge in [0.05, 0.1) is 12.5 Å². The number of primary amides is 1. The quantitative estimate of drug-likeness (QED) is 0.108. The summed E-state index contributed by atoms with van der Waals surface area (Å²) in [6.07, 6.45) is 2.93. The molecule has 0 radical (unpaired) electrons. The Hall–Kier alpha value is -4.93. The Morgan fingerprint density at radius 1 is 0.879 bits per heavy atom. The summed E-state index contributed by atoms with van der Waals surface area (Å²) in [5, 5.41) is 36.3. The summed E-state index contributed by atoms with van der Waals surface area (Å²) in [5.41, 5.74) is 11.9. The number of hydrogen-bond acceptors (Lipinski definition) is 13. The SMILES string of the molecule is CC[C@H](C)[C@@H]1NC(=O)[C@@H](Cc2ccccc2)NC(=O)CC2(CCCCC2)SSC[C@@H](C(=O)N2CCC[C@H]2C(=O)N[C@@H](CCCN)C(=O)O)NC(=O)[C@H](CC(N)=O)NC(=O)C([C@@H](C)O)NC1=O. The third-order valence-electron chi connectivity index (χ3n) is 12.3. The third kappa shape index (κ3) is 15.6. The van der Waals surface area contributed by atoms with Gasteiger partial charge in [-0.1, -0.05) is 91.5 Å². The maximum atomic E-state index is 14.6. The minimum absolute atomic E-state index is 0.00442. The second-order valence-corrected chi connectivity index (χ2v) is 20.3. The molecule has 0 aromatic heterocycles. The standard InChI is InChI=1S/C44H67N9O11S2/c1-4-25(2)35-40(60)52-36(26(3)54)41(61)49-30(22-33(46)55)37(57)50-31(42(62)53-20-12-16-32(53)39(59)48-28(43(63)64)15-11-19-45)24-65-66-44(17-9-6-10-18-44)23-34(56)47-29(38(58)51-35)21-27-13-7-5-8-14-27/h5,7-8,13-14,25-26,28-32,35-36,54H,4,6,9-12,15-24,45H2,1-3H3,(H2,46,55)(H,47,56)(H,48,59)(H,49,61)(H,50,57)(H,51,58)(H,52,60)(H,63,64)/t25-,26+,28-,29+,30-,31-,32-,35-,36?/m0/s1. The van der Waals surface area contributed by atoms with Crippen LogP contribution in [0, 0.1) is 5.92 Å². The number of aliphatic hydroxyl groups is 1. The maximum absolute atomic E-state index is 14.6. The van der Waals surface area contributed by atoms with E-state index in [0.717, 1.165) is 24.8 Å². The van der Waals surface area contributed by atoms with E-state index in [1.165, 1.54) is 33.4 Å². The largest absolute Gasteiger partial charge is 0.480 e. The fourth-order valence-corrected chi connectivity index (χ4v) is 11.7. The first-order valence-electron chi connectivity index (χ1n) is 22.7. The summed E-state index contributed by atoms with van der Waals surface area (Å²) in [4.78, 5) is 124. The van der Waals surface area contributed by atoms with Gasteiger partial charge in [0.15, 0.2) is 0 Å². The summed E-state index contributed by atoms with van der Waals surface area (Å²) >= 11 is 0. The smallest absolute Gasteiger partial charge is 0.326 e. The number of nitrogens with one attached hydrogen (secondary N) is 6. The lowest BCUT2D eigenvalue weighted by Gasteiger charge is -2.37. The van der Waals surface area contributed by atoms with E-state index in [4.69, 9.17) is 11.5 Å². The predicted octanol–water partition coefficient (Wildman–Crippen LogP) is -0.257. The highest BCUT2D eigenvalue weighted by Crippen LogP contribution is 2.48. The number of nitrogens with zero attached hydrogens (tertiary/aromatic N) is 1. The lowest BCUT2D eigenvalue weighted by molar-refractivity contribution is -0.145. The molecular formula is C44H67N9O11S2. The molecule has 1 saturated carbocycles. The number of nitrogens with two attached hydrogens (primary N) is 2. The van der Waals surface area contributed by atoms with E-state index in [-0.39, 0.29) is 44.5 Å². The van der Waals surface area contributed by atoms with Crippen LogP contribution in [-0.4, -0.2) is 140 Å². The molecule has 366 valence electrons. The van der Waals surface area contributed by atoms with Crippen LogP contribution in [0.2, 0.25) is 0 Å². The molecule has 3 aliphatic rings. The van der Waals surface area contributed by atoms with Gasteiger partial charge in [-0.15, -0.1) is 0 Å². The molecule has 1 unspecified atom stereocenters. The molecule has 2 aliphatic heterocycles. The predicted molar refractivity (Wildman–Crippen MR) is 248 cm³/mol. The number of carboxylic acid groups (broad SMARTS) is 1. The summed E-state index contributed by atoms with van der Waals surface area (Å²) in [7, 11) is 2.59.